The maximum Gasteiger partial charge on any atom is 0.225 e. The minimum Gasteiger partial charge on any atom is -0.369 e. The van der Waals surface area contributed by atoms with Crippen LogP contribution in [-0.2, 0) is 11.3 Å². The van der Waals surface area contributed by atoms with Gasteiger partial charge in [-0.25, -0.2) is 15.0 Å². The highest BCUT2D eigenvalue weighted by Crippen LogP contribution is 2.39. The fourth-order valence-corrected chi connectivity index (χ4v) is 4.21. The van der Waals surface area contributed by atoms with E-state index in [9.17, 15) is 4.79 Å². The summed E-state index contributed by atoms with van der Waals surface area (Å²) in [5, 5.41) is 2.86. The average Bonchev–Trinajstić information content (AvgIpc) is 3.13. The molecule has 1 amide bonds. The number of benzene rings is 1. The Kier molecular flexibility index (Phi) is 4.38. The van der Waals surface area contributed by atoms with Gasteiger partial charge in [-0.05, 0) is 31.0 Å². The smallest absolute Gasteiger partial charge is 0.225 e. The lowest BCUT2D eigenvalue weighted by molar-refractivity contribution is -0.119. The topological polar surface area (TPSA) is 85.0 Å². The summed E-state index contributed by atoms with van der Waals surface area (Å²) in [5.74, 6) is 0.145. The summed E-state index contributed by atoms with van der Waals surface area (Å²) >= 11 is 1.54. The second-order valence-electron chi connectivity index (χ2n) is 6.44. The number of fused-ring (bicyclic) bond motifs is 1. The molecule has 0 bridgehead atoms. The summed E-state index contributed by atoms with van der Waals surface area (Å²) in [6, 6.07) is 9.98. The Bertz CT molecular complexity index is 926. The molecule has 2 atom stereocenters. The minimum absolute atomic E-state index is 0.195. The first kappa shape index (κ1) is 16.7. The molecule has 0 fully saturated rings. The first-order valence-corrected chi connectivity index (χ1v) is 9.38. The molecule has 2 aromatic heterocycles. The second kappa shape index (κ2) is 6.84. The lowest BCUT2D eigenvalue weighted by atomic mass is 9.85. The molecule has 0 aliphatic carbocycles. The average molecular weight is 365 g/mol. The predicted molar refractivity (Wildman–Crippen MR) is 102 cm³/mol. The normalized spacial score (nSPS) is 19.2. The molecule has 26 heavy (non-hydrogen) atoms. The van der Waals surface area contributed by atoms with Gasteiger partial charge in [0.2, 0.25) is 5.91 Å². The molecule has 132 valence electrons. The molecule has 0 saturated carbocycles. The lowest BCUT2D eigenvalue weighted by Crippen LogP contribution is -2.41. The van der Waals surface area contributed by atoms with E-state index in [0.29, 0.717) is 18.8 Å². The second-order valence-corrected chi connectivity index (χ2v) is 7.30. The molecule has 1 aliphatic rings. The third-order valence-corrected chi connectivity index (χ3v) is 5.60. The highest BCUT2D eigenvalue weighted by molar-refractivity contribution is 7.13. The van der Waals surface area contributed by atoms with Crippen LogP contribution in [0.15, 0.2) is 48.1 Å². The summed E-state index contributed by atoms with van der Waals surface area (Å²) < 4.78 is 0. The Morgan fingerprint density at radius 3 is 2.81 bits per heavy atom. The van der Waals surface area contributed by atoms with Crippen LogP contribution >= 0.6 is 11.3 Å². The van der Waals surface area contributed by atoms with Gasteiger partial charge in [-0.3, -0.25) is 4.79 Å². The number of rotatable bonds is 4. The van der Waals surface area contributed by atoms with Crippen molar-refractivity contribution >= 4 is 22.9 Å². The van der Waals surface area contributed by atoms with E-state index in [-0.39, 0.29) is 17.9 Å². The molecule has 3 heterocycles. The minimum atomic E-state index is -0.263. The maximum atomic E-state index is 11.9. The van der Waals surface area contributed by atoms with E-state index < -0.39 is 0 Å². The highest BCUT2D eigenvalue weighted by Gasteiger charge is 2.33. The van der Waals surface area contributed by atoms with Crippen molar-refractivity contribution < 1.29 is 4.79 Å². The number of aromatic nitrogens is 3. The fraction of sp³-hybridized carbons (Fsp3) is 0.263. The molecule has 2 N–H and O–H groups in total. The molecule has 1 aliphatic heterocycles. The number of carbonyl (C=O) groups is 1. The molecule has 0 radical (unpaired) electrons. The van der Waals surface area contributed by atoms with Crippen LogP contribution in [0.4, 0.5) is 5.69 Å². The van der Waals surface area contributed by atoms with E-state index in [1.807, 2.05) is 23.6 Å². The van der Waals surface area contributed by atoms with Crippen molar-refractivity contribution in [2.75, 3.05) is 4.90 Å². The van der Waals surface area contributed by atoms with Crippen LogP contribution in [0.25, 0.3) is 10.8 Å². The van der Waals surface area contributed by atoms with Gasteiger partial charge in [-0.15, -0.1) is 11.3 Å². The van der Waals surface area contributed by atoms with Gasteiger partial charge in [0.15, 0.2) is 10.8 Å². The van der Waals surface area contributed by atoms with Gasteiger partial charge in [0.05, 0.1) is 18.2 Å². The van der Waals surface area contributed by atoms with E-state index in [1.54, 1.807) is 29.8 Å². The number of thiazole rings is 1. The zero-order valence-corrected chi connectivity index (χ0v) is 15.2. The Labute approximate surface area is 155 Å². The number of para-hydroxylation sites is 1. The van der Waals surface area contributed by atoms with Gasteiger partial charge in [-0.1, -0.05) is 18.2 Å². The molecule has 6 nitrogen and oxygen atoms in total. The molecule has 0 unspecified atom stereocenters. The van der Waals surface area contributed by atoms with Crippen LogP contribution in [-0.4, -0.2) is 26.9 Å². The summed E-state index contributed by atoms with van der Waals surface area (Å²) in [7, 11) is 0. The Morgan fingerprint density at radius 2 is 2.04 bits per heavy atom. The molecule has 1 aromatic carbocycles. The molecule has 3 aromatic rings. The van der Waals surface area contributed by atoms with Crippen molar-refractivity contribution in [3.05, 3.63) is 59.4 Å². The summed E-state index contributed by atoms with van der Waals surface area (Å²) in [5.41, 5.74) is 8.65. The lowest BCUT2D eigenvalue weighted by Gasteiger charge is -2.39. The number of nitrogens with two attached hydrogens (primary N) is 1. The number of carbonyl (C=O) groups excluding carboxylic acids is 1. The van der Waals surface area contributed by atoms with Crippen LogP contribution in [0.5, 0.6) is 0 Å². The van der Waals surface area contributed by atoms with Crippen LogP contribution < -0.4 is 10.6 Å². The van der Waals surface area contributed by atoms with Crippen LogP contribution in [0.2, 0.25) is 0 Å². The van der Waals surface area contributed by atoms with E-state index >= 15 is 0 Å². The highest BCUT2D eigenvalue weighted by atomic mass is 32.1. The largest absolute Gasteiger partial charge is 0.369 e. The molecule has 4 rings (SSSR count). The van der Waals surface area contributed by atoms with Crippen LogP contribution in [0, 0.1) is 0 Å². The molecule has 0 spiro atoms. The van der Waals surface area contributed by atoms with E-state index in [4.69, 9.17) is 10.7 Å². The quantitative estimate of drug-likeness (QED) is 0.768. The standard InChI is InChI=1S/C19H19N5OS/c1-12-9-15(17(20)25)14-5-2-3-6-16(14)24(12)10-13-11-26-19(23-13)18-21-7-4-8-22-18/h2-8,11-12,15H,9-10H2,1H3,(H2,20,25)/t12-,15-/m1/s1. The SMILES string of the molecule is C[C@@H]1C[C@@H](C(N)=O)c2ccccc2N1Cc1csc(-c2ncccn2)n1. The number of nitrogens with zero attached hydrogens (tertiary/aromatic N) is 4. The molecule has 7 heteroatoms. The molecule has 0 saturated heterocycles. The van der Waals surface area contributed by atoms with E-state index in [2.05, 4.69) is 27.9 Å². The third kappa shape index (κ3) is 3.06. The van der Waals surface area contributed by atoms with Crippen molar-refractivity contribution in [2.24, 2.45) is 5.73 Å². The van der Waals surface area contributed by atoms with Gasteiger partial charge >= 0.3 is 0 Å². The number of amides is 1. The van der Waals surface area contributed by atoms with Crippen molar-refractivity contribution in [1.29, 1.82) is 0 Å². The van der Waals surface area contributed by atoms with E-state index in [1.165, 1.54) is 0 Å². The summed E-state index contributed by atoms with van der Waals surface area (Å²) in [6.45, 7) is 2.80. The van der Waals surface area contributed by atoms with Crippen molar-refractivity contribution in [1.82, 2.24) is 15.0 Å². The maximum absolute atomic E-state index is 11.9. The van der Waals surface area contributed by atoms with Crippen molar-refractivity contribution in [3.8, 4) is 10.8 Å². The van der Waals surface area contributed by atoms with Gasteiger partial charge in [0.25, 0.3) is 0 Å². The van der Waals surface area contributed by atoms with Crippen molar-refractivity contribution in [2.45, 2.75) is 31.8 Å². The fourth-order valence-electron chi connectivity index (χ4n) is 3.45. The third-order valence-electron chi connectivity index (χ3n) is 4.72. The summed E-state index contributed by atoms with van der Waals surface area (Å²) in [4.78, 5) is 27.4. The van der Waals surface area contributed by atoms with Gasteiger partial charge in [-0.2, -0.15) is 0 Å². The van der Waals surface area contributed by atoms with Gasteiger partial charge < -0.3 is 10.6 Å². The van der Waals surface area contributed by atoms with Gasteiger partial charge in [0.1, 0.15) is 0 Å². The van der Waals surface area contributed by atoms with E-state index in [0.717, 1.165) is 22.0 Å². The number of hydrogen-bond donors (Lipinski definition) is 1. The predicted octanol–water partition coefficient (Wildman–Crippen LogP) is 2.97. The zero-order chi connectivity index (χ0) is 18.1. The molecular formula is C19H19N5OS. The monoisotopic (exact) mass is 365 g/mol. The van der Waals surface area contributed by atoms with Gasteiger partial charge in [0, 0.05) is 29.5 Å². The first-order valence-electron chi connectivity index (χ1n) is 8.50. The van der Waals surface area contributed by atoms with Crippen LogP contribution in [0.3, 0.4) is 0 Å². The zero-order valence-electron chi connectivity index (χ0n) is 14.4. The molecular weight excluding hydrogens is 346 g/mol. The number of primary amides is 1. The van der Waals surface area contributed by atoms with Crippen LogP contribution in [0.1, 0.15) is 30.5 Å². The first-order chi connectivity index (χ1) is 12.6. The summed E-state index contributed by atoms with van der Waals surface area (Å²) in [6.07, 6.45) is 4.15. The Balaban J connectivity index is 1.63. The van der Waals surface area contributed by atoms with Crippen molar-refractivity contribution in [3.63, 3.8) is 0 Å². The number of hydrogen-bond acceptors (Lipinski definition) is 6. The Morgan fingerprint density at radius 1 is 1.27 bits per heavy atom. The number of anilines is 1. The Hall–Kier alpha value is -2.80.